The number of carbonyl (C=O) groups is 2. The quantitative estimate of drug-likeness (QED) is 0.784. The van der Waals surface area contributed by atoms with E-state index in [0.29, 0.717) is 18.8 Å². The molecule has 1 aromatic rings. The smallest absolute Gasteiger partial charge is 0.411 e. The predicted molar refractivity (Wildman–Crippen MR) is 113 cm³/mol. The van der Waals surface area contributed by atoms with Gasteiger partial charge in [-0.15, -0.1) is 0 Å². The molecule has 8 nitrogen and oxygen atoms in total. The summed E-state index contributed by atoms with van der Waals surface area (Å²) in [4.78, 5) is 33.8. The summed E-state index contributed by atoms with van der Waals surface area (Å²) >= 11 is 0. The Kier molecular flexibility index (Phi) is 6.13. The lowest BCUT2D eigenvalue weighted by molar-refractivity contribution is -0.139. The van der Waals surface area contributed by atoms with Crippen LogP contribution in [0.1, 0.15) is 51.9 Å². The molecule has 1 aliphatic carbocycles. The fraction of sp³-hybridized carbons (Fsp3) is 0.682. The van der Waals surface area contributed by atoms with Gasteiger partial charge in [-0.1, -0.05) is 0 Å². The zero-order chi connectivity index (χ0) is 21.1. The first kappa shape index (κ1) is 20.9. The summed E-state index contributed by atoms with van der Waals surface area (Å²) in [6.45, 7) is 4.47. The largest absolute Gasteiger partial charge is 0.450 e. The zero-order valence-electron chi connectivity index (χ0n) is 17.7. The number of nitrogens with zero attached hydrogens (tertiary/aromatic N) is 3. The van der Waals surface area contributed by atoms with Crippen LogP contribution in [0.25, 0.3) is 0 Å². The van der Waals surface area contributed by atoms with Crippen LogP contribution in [-0.4, -0.2) is 65.4 Å². The van der Waals surface area contributed by atoms with Gasteiger partial charge >= 0.3 is 6.09 Å². The van der Waals surface area contributed by atoms with E-state index in [1.807, 2.05) is 12.1 Å². The molecule has 2 N–H and O–H groups in total. The Bertz CT molecular complexity index is 763. The van der Waals surface area contributed by atoms with Crippen LogP contribution in [0.5, 0.6) is 0 Å². The minimum Gasteiger partial charge on any atom is -0.450 e. The number of rotatable bonds is 4. The normalized spacial score (nSPS) is 29.3. The molecule has 3 aliphatic rings. The first-order chi connectivity index (χ1) is 14.5. The number of anilines is 2. The molecule has 3 fully saturated rings. The number of hydrogen-bond acceptors (Lipinski definition) is 6. The Labute approximate surface area is 177 Å². The average molecular weight is 417 g/mol. The van der Waals surface area contributed by atoms with Crippen molar-refractivity contribution in [2.45, 2.75) is 64.0 Å². The standard InChI is InChI=1S/C22H32N4O4/c1-2-30-21(29)24-16-4-9-19(23-14-16)25-12-3-10-22(15-25)11-13-26(20(22)28)17-5-7-18(27)8-6-17/h4,9,14,17-18,27H,2-3,5-8,10-13,15H2,1H3,(H,24,29)/t17-,18-,22-/m0/s1. The summed E-state index contributed by atoms with van der Waals surface area (Å²) in [5.41, 5.74) is 0.268. The van der Waals surface area contributed by atoms with Crippen molar-refractivity contribution >= 4 is 23.5 Å². The summed E-state index contributed by atoms with van der Waals surface area (Å²) in [5.74, 6) is 1.12. The van der Waals surface area contributed by atoms with E-state index in [1.165, 1.54) is 0 Å². The van der Waals surface area contributed by atoms with Crippen molar-refractivity contribution in [3.8, 4) is 0 Å². The number of aliphatic hydroxyl groups excluding tert-OH is 1. The van der Waals surface area contributed by atoms with Crippen LogP contribution in [0.3, 0.4) is 0 Å². The number of aromatic nitrogens is 1. The van der Waals surface area contributed by atoms with E-state index in [9.17, 15) is 14.7 Å². The Hall–Kier alpha value is -2.35. The second-order valence-corrected chi connectivity index (χ2v) is 8.77. The maximum atomic E-state index is 13.4. The van der Waals surface area contributed by atoms with E-state index >= 15 is 0 Å². The lowest BCUT2D eigenvalue weighted by atomic mass is 9.78. The van der Waals surface area contributed by atoms with Crippen LogP contribution >= 0.6 is 0 Å². The fourth-order valence-corrected chi connectivity index (χ4v) is 5.20. The van der Waals surface area contributed by atoms with Gasteiger partial charge in [0.25, 0.3) is 0 Å². The number of hydrogen-bond donors (Lipinski definition) is 2. The van der Waals surface area contributed by atoms with E-state index in [-0.39, 0.29) is 23.5 Å². The van der Waals surface area contributed by atoms with Crippen molar-refractivity contribution in [1.82, 2.24) is 9.88 Å². The molecule has 30 heavy (non-hydrogen) atoms. The molecule has 3 heterocycles. The van der Waals surface area contributed by atoms with Crippen LogP contribution < -0.4 is 10.2 Å². The third kappa shape index (κ3) is 4.24. The van der Waals surface area contributed by atoms with Crippen LogP contribution in [0.15, 0.2) is 18.3 Å². The molecule has 0 radical (unpaired) electrons. The number of piperidine rings is 1. The van der Waals surface area contributed by atoms with Gasteiger partial charge in [-0.25, -0.2) is 9.78 Å². The van der Waals surface area contributed by atoms with Gasteiger partial charge in [0, 0.05) is 25.7 Å². The molecule has 164 valence electrons. The molecule has 1 spiro atoms. The van der Waals surface area contributed by atoms with Gasteiger partial charge in [-0.2, -0.15) is 0 Å². The Morgan fingerprint density at radius 1 is 1.27 bits per heavy atom. The lowest BCUT2D eigenvalue weighted by Gasteiger charge is -2.41. The van der Waals surface area contributed by atoms with E-state index < -0.39 is 6.09 Å². The third-order valence-electron chi connectivity index (χ3n) is 6.82. The number of aliphatic hydroxyl groups is 1. The molecule has 1 saturated carbocycles. The molecular formula is C22H32N4O4. The molecule has 1 aromatic heterocycles. The predicted octanol–water partition coefficient (Wildman–Crippen LogP) is 2.77. The lowest BCUT2D eigenvalue weighted by Crippen LogP contribution is -2.50. The molecule has 2 amide bonds. The van der Waals surface area contributed by atoms with Gasteiger partial charge in [-0.3, -0.25) is 10.1 Å². The average Bonchev–Trinajstić information content (AvgIpc) is 3.05. The monoisotopic (exact) mass is 416 g/mol. The van der Waals surface area contributed by atoms with Crippen LogP contribution in [-0.2, 0) is 9.53 Å². The van der Waals surface area contributed by atoms with E-state index in [1.54, 1.807) is 13.1 Å². The molecule has 4 rings (SSSR count). The summed E-state index contributed by atoms with van der Waals surface area (Å²) in [6.07, 6.45) is 7.12. The highest BCUT2D eigenvalue weighted by Crippen LogP contribution is 2.43. The number of carbonyl (C=O) groups excluding carboxylic acids is 2. The fourth-order valence-electron chi connectivity index (χ4n) is 5.20. The first-order valence-corrected chi connectivity index (χ1v) is 11.1. The number of ether oxygens (including phenoxy) is 1. The third-order valence-corrected chi connectivity index (χ3v) is 6.82. The topological polar surface area (TPSA) is 95.0 Å². The second-order valence-electron chi connectivity index (χ2n) is 8.77. The minimum atomic E-state index is -0.490. The van der Waals surface area contributed by atoms with Gasteiger partial charge < -0.3 is 19.6 Å². The molecule has 0 aromatic carbocycles. The summed E-state index contributed by atoms with van der Waals surface area (Å²) in [5, 5.41) is 12.4. The Morgan fingerprint density at radius 2 is 2.07 bits per heavy atom. The van der Waals surface area contributed by atoms with Crippen molar-refractivity contribution in [2.75, 3.05) is 36.5 Å². The van der Waals surface area contributed by atoms with E-state index in [4.69, 9.17) is 4.74 Å². The van der Waals surface area contributed by atoms with Crippen molar-refractivity contribution < 1.29 is 19.4 Å². The van der Waals surface area contributed by atoms with E-state index in [2.05, 4.69) is 20.1 Å². The molecule has 0 unspecified atom stereocenters. The summed E-state index contributed by atoms with van der Waals surface area (Å²) in [7, 11) is 0. The zero-order valence-corrected chi connectivity index (χ0v) is 17.7. The van der Waals surface area contributed by atoms with Gasteiger partial charge in [0.05, 0.1) is 30.0 Å². The maximum Gasteiger partial charge on any atom is 0.411 e. The molecule has 8 heteroatoms. The van der Waals surface area contributed by atoms with Crippen molar-refractivity contribution in [3.63, 3.8) is 0 Å². The van der Waals surface area contributed by atoms with Gasteiger partial charge in [0.15, 0.2) is 0 Å². The van der Waals surface area contributed by atoms with E-state index in [0.717, 1.165) is 63.9 Å². The molecular weight excluding hydrogens is 384 g/mol. The van der Waals surface area contributed by atoms with Crippen LogP contribution in [0.4, 0.5) is 16.3 Å². The van der Waals surface area contributed by atoms with Crippen LogP contribution in [0, 0.1) is 5.41 Å². The number of pyridine rings is 1. The van der Waals surface area contributed by atoms with Crippen molar-refractivity contribution in [2.24, 2.45) is 5.41 Å². The number of nitrogens with one attached hydrogen (secondary N) is 1. The van der Waals surface area contributed by atoms with Crippen molar-refractivity contribution in [3.05, 3.63) is 18.3 Å². The highest BCUT2D eigenvalue weighted by atomic mass is 16.5. The molecule has 0 bridgehead atoms. The highest BCUT2D eigenvalue weighted by molar-refractivity contribution is 5.86. The maximum absolute atomic E-state index is 13.4. The first-order valence-electron chi connectivity index (χ1n) is 11.1. The van der Waals surface area contributed by atoms with Crippen LogP contribution in [0.2, 0.25) is 0 Å². The van der Waals surface area contributed by atoms with Gasteiger partial charge in [0.2, 0.25) is 5.91 Å². The Morgan fingerprint density at radius 3 is 2.77 bits per heavy atom. The summed E-state index contributed by atoms with van der Waals surface area (Å²) < 4.78 is 4.89. The van der Waals surface area contributed by atoms with Gasteiger partial charge in [0.1, 0.15) is 5.82 Å². The second kappa shape index (κ2) is 8.79. The number of likely N-dealkylation sites (tertiary alicyclic amines) is 1. The molecule has 2 aliphatic heterocycles. The highest BCUT2D eigenvalue weighted by Gasteiger charge is 2.50. The SMILES string of the molecule is CCOC(=O)Nc1ccc(N2CCC[C@]3(CCN([C@H]4CC[C@H](O)CC4)C3=O)C2)nc1. The summed E-state index contributed by atoms with van der Waals surface area (Å²) in [6, 6.07) is 3.98. The molecule has 1 atom stereocenters. The minimum absolute atomic E-state index is 0.203. The van der Waals surface area contributed by atoms with Crippen molar-refractivity contribution in [1.29, 1.82) is 0 Å². The molecule has 2 saturated heterocycles. The van der Waals surface area contributed by atoms with Gasteiger partial charge in [-0.05, 0) is 64.0 Å². The Balaban J connectivity index is 1.40. The number of amides is 2.